The van der Waals surface area contributed by atoms with E-state index in [0.717, 1.165) is 29.7 Å². The summed E-state index contributed by atoms with van der Waals surface area (Å²) in [5.41, 5.74) is 8.77. The number of imidazole rings is 2. The Morgan fingerprint density at radius 1 is 1.30 bits per heavy atom. The monoisotopic (exact) mass is 468 g/mol. The molecule has 1 aromatic carbocycles. The fraction of sp³-hybridized carbons (Fsp3) is 0.409. The standard InChI is InChI=1S/C22H25ClN8O2/c1-30-15-6-5-12(23)9-14(15)28-17(30)7-8-18(32)29-13-3-2-4-16(20(13)33)31-11-27-19-21(24)25-10-26-22(19)31/h5-6,9-11,13,16,20,33H,2-4,7-8H2,1H3,(H,29,32)(H2,24,25,26)/t13-,16-,20-/m0/s1. The van der Waals surface area contributed by atoms with Gasteiger partial charge in [-0.3, -0.25) is 4.79 Å². The number of anilines is 1. The summed E-state index contributed by atoms with van der Waals surface area (Å²) in [5.74, 6) is 0.997. The van der Waals surface area contributed by atoms with Crippen molar-refractivity contribution in [3.8, 4) is 0 Å². The van der Waals surface area contributed by atoms with Crippen LogP contribution in [0.15, 0.2) is 30.9 Å². The number of halogens is 1. The molecule has 0 aliphatic heterocycles. The Bertz CT molecular complexity index is 1330. The lowest BCUT2D eigenvalue weighted by Gasteiger charge is -2.36. The molecule has 0 unspecified atom stereocenters. The molecular weight excluding hydrogens is 444 g/mol. The molecule has 1 amide bonds. The number of aromatic nitrogens is 6. The van der Waals surface area contributed by atoms with Crippen molar-refractivity contribution in [2.45, 2.75) is 50.3 Å². The lowest BCUT2D eigenvalue weighted by atomic mass is 9.87. The van der Waals surface area contributed by atoms with Gasteiger partial charge in [-0.25, -0.2) is 19.9 Å². The van der Waals surface area contributed by atoms with Crippen LogP contribution in [0.4, 0.5) is 5.82 Å². The van der Waals surface area contributed by atoms with Crippen molar-refractivity contribution >= 4 is 45.5 Å². The van der Waals surface area contributed by atoms with E-state index in [9.17, 15) is 9.90 Å². The number of aryl methyl sites for hydroxylation is 2. The Hall–Kier alpha value is -3.24. The van der Waals surface area contributed by atoms with Crippen LogP contribution < -0.4 is 11.1 Å². The normalized spacial score (nSPS) is 21.0. The third-order valence-corrected chi connectivity index (χ3v) is 6.66. The summed E-state index contributed by atoms with van der Waals surface area (Å²) in [5, 5.41) is 14.7. The van der Waals surface area contributed by atoms with Crippen LogP contribution in [0, 0.1) is 0 Å². The predicted molar refractivity (Wildman–Crippen MR) is 125 cm³/mol. The van der Waals surface area contributed by atoms with Gasteiger partial charge in [0.1, 0.15) is 17.7 Å². The molecule has 5 rings (SSSR count). The number of aliphatic hydroxyl groups is 1. The number of aliphatic hydroxyl groups excluding tert-OH is 1. The zero-order chi connectivity index (χ0) is 23.1. The molecule has 1 fully saturated rings. The average molecular weight is 469 g/mol. The number of benzene rings is 1. The highest BCUT2D eigenvalue weighted by atomic mass is 35.5. The van der Waals surface area contributed by atoms with E-state index in [4.69, 9.17) is 17.3 Å². The fourth-order valence-electron chi connectivity index (χ4n) is 4.68. The van der Waals surface area contributed by atoms with Crippen LogP contribution in [0.25, 0.3) is 22.2 Å². The summed E-state index contributed by atoms with van der Waals surface area (Å²) in [7, 11) is 1.93. The second-order valence-electron chi connectivity index (χ2n) is 8.47. The minimum Gasteiger partial charge on any atom is -0.389 e. The number of nitrogen functional groups attached to an aromatic ring is 1. The van der Waals surface area contributed by atoms with Gasteiger partial charge in [-0.2, -0.15) is 0 Å². The van der Waals surface area contributed by atoms with Crippen LogP contribution in [-0.2, 0) is 18.3 Å². The Morgan fingerprint density at radius 2 is 2.15 bits per heavy atom. The van der Waals surface area contributed by atoms with Gasteiger partial charge in [0.2, 0.25) is 5.91 Å². The van der Waals surface area contributed by atoms with Crippen LogP contribution in [0.3, 0.4) is 0 Å². The molecule has 11 heteroatoms. The van der Waals surface area contributed by atoms with Gasteiger partial charge in [0, 0.05) is 24.9 Å². The minimum atomic E-state index is -0.769. The van der Waals surface area contributed by atoms with E-state index in [2.05, 4.69) is 25.3 Å². The number of hydrogen-bond acceptors (Lipinski definition) is 7. The van der Waals surface area contributed by atoms with Crippen molar-refractivity contribution in [1.29, 1.82) is 0 Å². The van der Waals surface area contributed by atoms with Crippen molar-refractivity contribution in [2.24, 2.45) is 7.05 Å². The van der Waals surface area contributed by atoms with E-state index in [-0.39, 0.29) is 24.4 Å². The number of hydrogen-bond donors (Lipinski definition) is 3. The summed E-state index contributed by atoms with van der Waals surface area (Å²) in [4.78, 5) is 29.9. The molecule has 3 heterocycles. The van der Waals surface area contributed by atoms with Crippen molar-refractivity contribution < 1.29 is 9.90 Å². The molecule has 3 aromatic heterocycles. The summed E-state index contributed by atoms with van der Waals surface area (Å²) >= 11 is 6.06. The number of nitrogens with two attached hydrogens (primary N) is 1. The zero-order valence-electron chi connectivity index (χ0n) is 18.1. The number of carbonyl (C=O) groups is 1. The maximum Gasteiger partial charge on any atom is 0.220 e. The van der Waals surface area contributed by atoms with E-state index in [1.165, 1.54) is 6.33 Å². The Morgan fingerprint density at radius 3 is 3.00 bits per heavy atom. The molecule has 33 heavy (non-hydrogen) atoms. The first-order valence-corrected chi connectivity index (χ1v) is 11.3. The van der Waals surface area contributed by atoms with Gasteiger partial charge >= 0.3 is 0 Å². The molecule has 1 aliphatic rings. The molecule has 0 saturated heterocycles. The Balaban J connectivity index is 1.26. The highest BCUT2D eigenvalue weighted by Crippen LogP contribution is 2.32. The predicted octanol–water partition coefficient (Wildman–Crippen LogP) is 2.15. The molecule has 4 N–H and O–H groups in total. The third-order valence-electron chi connectivity index (χ3n) is 6.42. The number of rotatable bonds is 5. The lowest BCUT2D eigenvalue weighted by molar-refractivity contribution is -0.123. The molecule has 4 aromatic rings. The minimum absolute atomic E-state index is 0.119. The van der Waals surface area contributed by atoms with Crippen molar-refractivity contribution in [3.63, 3.8) is 0 Å². The van der Waals surface area contributed by atoms with Gasteiger partial charge in [0.15, 0.2) is 11.5 Å². The maximum absolute atomic E-state index is 12.7. The molecular formula is C22H25ClN8O2. The number of carbonyl (C=O) groups excluding carboxylic acids is 1. The molecule has 3 atom stereocenters. The zero-order valence-corrected chi connectivity index (χ0v) is 18.9. The van der Waals surface area contributed by atoms with Gasteiger partial charge in [-0.1, -0.05) is 11.6 Å². The molecule has 1 aliphatic carbocycles. The van der Waals surface area contributed by atoms with Crippen molar-refractivity contribution in [3.05, 3.63) is 41.7 Å². The smallest absolute Gasteiger partial charge is 0.220 e. The van der Waals surface area contributed by atoms with Crippen LogP contribution >= 0.6 is 11.6 Å². The van der Waals surface area contributed by atoms with Crippen LogP contribution in [0.2, 0.25) is 5.02 Å². The van der Waals surface area contributed by atoms with Crippen LogP contribution in [0.5, 0.6) is 0 Å². The van der Waals surface area contributed by atoms with Gasteiger partial charge in [-0.05, 0) is 37.5 Å². The number of fused-ring (bicyclic) bond motifs is 2. The van der Waals surface area contributed by atoms with E-state index < -0.39 is 6.10 Å². The molecule has 10 nitrogen and oxygen atoms in total. The van der Waals surface area contributed by atoms with E-state index in [1.54, 1.807) is 6.33 Å². The van der Waals surface area contributed by atoms with Gasteiger partial charge in [0.25, 0.3) is 0 Å². The highest BCUT2D eigenvalue weighted by molar-refractivity contribution is 6.31. The average Bonchev–Trinajstić information content (AvgIpc) is 3.36. The largest absolute Gasteiger partial charge is 0.389 e. The second kappa shape index (κ2) is 8.60. The van der Waals surface area contributed by atoms with Crippen LogP contribution in [0.1, 0.15) is 37.5 Å². The van der Waals surface area contributed by atoms with Crippen molar-refractivity contribution in [2.75, 3.05) is 5.73 Å². The molecule has 0 spiro atoms. The molecule has 0 radical (unpaired) electrons. The fourth-order valence-corrected chi connectivity index (χ4v) is 4.85. The summed E-state index contributed by atoms with van der Waals surface area (Å²) in [6, 6.07) is 4.95. The first-order valence-electron chi connectivity index (χ1n) is 10.9. The van der Waals surface area contributed by atoms with Gasteiger partial charge < -0.3 is 25.3 Å². The summed E-state index contributed by atoms with van der Waals surface area (Å²) in [6.45, 7) is 0. The Labute approximate surface area is 194 Å². The summed E-state index contributed by atoms with van der Waals surface area (Å²) < 4.78 is 3.81. The van der Waals surface area contributed by atoms with Gasteiger partial charge in [0.05, 0.1) is 35.5 Å². The maximum atomic E-state index is 12.7. The van der Waals surface area contributed by atoms with Crippen LogP contribution in [-0.4, -0.2) is 52.2 Å². The topological polar surface area (TPSA) is 137 Å². The Kier molecular flexibility index (Phi) is 5.63. The first-order chi connectivity index (χ1) is 15.9. The quantitative estimate of drug-likeness (QED) is 0.408. The molecule has 0 bridgehead atoms. The number of nitrogens with one attached hydrogen (secondary N) is 1. The number of amides is 1. The third kappa shape index (κ3) is 4.00. The molecule has 1 saturated carbocycles. The van der Waals surface area contributed by atoms with E-state index in [1.807, 2.05) is 34.4 Å². The SMILES string of the molecule is Cn1c(CCC(=O)N[C@H]2CCC[C@H](n3cnc4c(N)ncnc43)[C@H]2O)nc2cc(Cl)ccc21. The van der Waals surface area contributed by atoms with Gasteiger partial charge in [-0.15, -0.1) is 0 Å². The first kappa shape index (κ1) is 21.6. The molecule has 172 valence electrons. The number of nitrogens with zero attached hydrogens (tertiary/aromatic N) is 6. The van der Waals surface area contributed by atoms with E-state index >= 15 is 0 Å². The lowest BCUT2D eigenvalue weighted by Crippen LogP contribution is -2.49. The van der Waals surface area contributed by atoms with Crippen molar-refractivity contribution in [1.82, 2.24) is 34.4 Å². The summed E-state index contributed by atoms with van der Waals surface area (Å²) in [6.07, 6.45) is 5.33. The second-order valence-corrected chi connectivity index (χ2v) is 8.90. The van der Waals surface area contributed by atoms with E-state index in [0.29, 0.717) is 34.8 Å². The highest BCUT2D eigenvalue weighted by Gasteiger charge is 2.35.